The lowest BCUT2D eigenvalue weighted by atomic mass is 10.2. The number of nitrogens with zero attached hydrogens (tertiary/aromatic N) is 2. The topological polar surface area (TPSA) is 96.3 Å². The van der Waals surface area contributed by atoms with E-state index in [0.29, 0.717) is 43.2 Å². The van der Waals surface area contributed by atoms with Crippen LogP contribution in [-0.2, 0) is 16.1 Å². The molecule has 0 radical (unpaired) electrons. The Hall–Kier alpha value is -1.83. The van der Waals surface area contributed by atoms with Gasteiger partial charge in [-0.2, -0.15) is 0 Å². The fraction of sp³-hybridized carbons (Fsp3) is 0.333. The van der Waals surface area contributed by atoms with Gasteiger partial charge in [-0.05, 0) is 5.56 Å². The molecule has 0 bridgehead atoms. The van der Waals surface area contributed by atoms with Crippen LogP contribution in [0.4, 0.5) is 11.6 Å². The number of hydrogen-bond acceptors (Lipinski definition) is 7. The van der Waals surface area contributed by atoms with Gasteiger partial charge >= 0.3 is 0 Å². The highest BCUT2D eigenvalue weighted by Crippen LogP contribution is 2.15. The SMILES string of the molecule is Nc1cc(N)nc(SCCOCCOCc2ccccc2)n1. The maximum atomic E-state index is 5.60. The van der Waals surface area contributed by atoms with E-state index in [0.717, 1.165) is 11.3 Å². The van der Waals surface area contributed by atoms with Gasteiger partial charge in [0, 0.05) is 11.8 Å². The van der Waals surface area contributed by atoms with E-state index in [9.17, 15) is 0 Å². The molecule has 1 aromatic heterocycles. The molecule has 6 nitrogen and oxygen atoms in total. The van der Waals surface area contributed by atoms with Crippen LogP contribution in [0.5, 0.6) is 0 Å². The molecular weight excluding hydrogens is 300 g/mol. The molecule has 22 heavy (non-hydrogen) atoms. The maximum absolute atomic E-state index is 5.60. The summed E-state index contributed by atoms with van der Waals surface area (Å²) in [5.74, 6) is 1.50. The molecule has 7 heteroatoms. The Bertz CT molecular complexity index is 548. The van der Waals surface area contributed by atoms with Crippen molar-refractivity contribution in [3.05, 3.63) is 42.0 Å². The average Bonchev–Trinajstić information content (AvgIpc) is 2.50. The summed E-state index contributed by atoms with van der Waals surface area (Å²) in [6.45, 7) is 2.33. The smallest absolute Gasteiger partial charge is 0.191 e. The molecular formula is C15H20N4O2S. The normalized spacial score (nSPS) is 10.7. The third-order valence-corrected chi connectivity index (χ3v) is 3.50. The van der Waals surface area contributed by atoms with Gasteiger partial charge in [-0.1, -0.05) is 42.1 Å². The summed E-state index contributed by atoms with van der Waals surface area (Å²) in [5.41, 5.74) is 12.4. The molecule has 1 heterocycles. The van der Waals surface area contributed by atoms with Crippen LogP contribution in [0.3, 0.4) is 0 Å². The molecule has 118 valence electrons. The number of benzene rings is 1. The summed E-state index contributed by atoms with van der Waals surface area (Å²) < 4.78 is 11.0. The number of hydrogen-bond donors (Lipinski definition) is 2. The van der Waals surface area contributed by atoms with Gasteiger partial charge in [-0.15, -0.1) is 0 Å². The molecule has 0 spiro atoms. The Morgan fingerprint density at radius 2 is 1.59 bits per heavy atom. The van der Waals surface area contributed by atoms with Crippen molar-refractivity contribution in [3.63, 3.8) is 0 Å². The van der Waals surface area contributed by atoms with Crippen molar-refractivity contribution in [2.75, 3.05) is 37.0 Å². The molecule has 0 unspecified atom stereocenters. The minimum absolute atomic E-state index is 0.380. The quantitative estimate of drug-likeness (QED) is 0.414. The van der Waals surface area contributed by atoms with Crippen LogP contribution in [0.1, 0.15) is 5.56 Å². The molecule has 2 rings (SSSR count). The average molecular weight is 320 g/mol. The molecule has 0 saturated carbocycles. The van der Waals surface area contributed by atoms with E-state index in [1.807, 2.05) is 30.3 Å². The third kappa shape index (κ3) is 6.30. The lowest BCUT2D eigenvalue weighted by molar-refractivity contribution is 0.0462. The summed E-state index contributed by atoms with van der Waals surface area (Å²) >= 11 is 1.46. The van der Waals surface area contributed by atoms with Gasteiger partial charge in [0.05, 0.1) is 26.4 Å². The van der Waals surface area contributed by atoms with Crippen molar-refractivity contribution < 1.29 is 9.47 Å². The molecule has 0 aliphatic rings. The predicted octanol–water partition coefficient (Wildman–Crippen LogP) is 1.97. The highest BCUT2D eigenvalue weighted by Gasteiger charge is 2.01. The number of nitrogens with two attached hydrogens (primary N) is 2. The number of thioether (sulfide) groups is 1. The monoisotopic (exact) mass is 320 g/mol. The summed E-state index contributed by atoms with van der Waals surface area (Å²) in [6, 6.07) is 11.6. The lowest BCUT2D eigenvalue weighted by Crippen LogP contribution is -2.07. The van der Waals surface area contributed by atoms with Gasteiger partial charge in [0.25, 0.3) is 0 Å². The fourth-order valence-corrected chi connectivity index (χ4v) is 2.43. The maximum Gasteiger partial charge on any atom is 0.191 e. The molecule has 1 aromatic carbocycles. The van der Waals surface area contributed by atoms with Crippen molar-refractivity contribution in [1.29, 1.82) is 0 Å². The Balaban J connectivity index is 1.51. The van der Waals surface area contributed by atoms with E-state index >= 15 is 0 Å². The van der Waals surface area contributed by atoms with Crippen LogP contribution in [0.25, 0.3) is 0 Å². The number of nitrogen functional groups attached to an aromatic ring is 2. The second kappa shape index (κ2) is 9.24. The van der Waals surface area contributed by atoms with Gasteiger partial charge in [-0.3, -0.25) is 0 Å². The van der Waals surface area contributed by atoms with Crippen LogP contribution in [0.15, 0.2) is 41.6 Å². The van der Waals surface area contributed by atoms with Gasteiger partial charge in [0.1, 0.15) is 11.6 Å². The molecule has 0 saturated heterocycles. The van der Waals surface area contributed by atoms with E-state index in [-0.39, 0.29) is 0 Å². The molecule has 0 aliphatic carbocycles. The van der Waals surface area contributed by atoms with Crippen molar-refractivity contribution in [2.24, 2.45) is 0 Å². The summed E-state index contributed by atoms with van der Waals surface area (Å²) in [5, 5.41) is 0.571. The molecule has 0 fully saturated rings. The zero-order chi connectivity index (χ0) is 15.6. The Morgan fingerprint density at radius 3 is 2.32 bits per heavy atom. The third-order valence-electron chi connectivity index (χ3n) is 2.69. The van der Waals surface area contributed by atoms with E-state index in [1.165, 1.54) is 17.8 Å². The van der Waals surface area contributed by atoms with Gasteiger partial charge < -0.3 is 20.9 Å². The van der Waals surface area contributed by atoms with Crippen LogP contribution in [-0.4, -0.2) is 35.5 Å². The van der Waals surface area contributed by atoms with Crippen LogP contribution >= 0.6 is 11.8 Å². The van der Waals surface area contributed by atoms with E-state index in [4.69, 9.17) is 20.9 Å². The van der Waals surface area contributed by atoms with Crippen molar-refractivity contribution >= 4 is 23.4 Å². The van der Waals surface area contributed by atoms with Crippen molar-refractivity contribution in [3.8, 4) is 0 Å². The summed E-state index contributed by atoms with van der Waals surface area (Å²) in [4.78, 5) is 8.17. The van der Waals surface area contributed by atoms with E-state index in [1.54, 1.807) is 0 Å². The number of rotatable bonds is 9. The molecule has 0 aliphatic heterocycles. The predicted molar refractivity (Wildman–Crippen MR) is 88.5 cm³/mol. The van der Waals surface area contributed by atoms with Gasteiger partial charge in [-0.25, -0.2) is 9.97 Å². The zero-order valence-corrected chi connectivity index (χ0v) is 13.1. The fourth-order valence-electron chi connectivity index (χ4n) is 1.70. The first-order valence-electron chi connectivity index (χ1n) is 6.96. The minimum Gasteiger partial charge on any atom is -0.383 e. The highest BCUT2D eigenvalue weighted by molar-refractivity contribution is 7.99. The highest BCUT2D eigenvalue weighted by atomic mass is 32.2. The second-order valence-electron chi connectivity index (χ2n) is 4.50. The molecule has 2 aromatic rings. The van der Waals surface area contributed by atoms with Crippen molar-refractivity contribution in [1.82, 2.24) is 9.97 Å². The number of aromatic nitrogens is 2. The number of anilines is 2. The largest absolute Gasteiger partial charge is 0.383 e. The van der Waals surface area contributed by atoms with Crippen LogP contribution in [0, 0.1) is 0 Å². The first-order valence-corrected chi connectivity index (χ1v) is 7.95. The molecule has 4 N–H and O–H groups in total. The summed E-state index contributed by atoms with van der Waals surface area (Å²) in [6.07, 6.45) is 0. The standard InChI is InChI=1S/C15H20N4O2S/c16-13-10-14(17)19-15(18-13)22-9-8-20-6-7-21-11-12-4-2-1-3-5-12/h1-5,10H,6-9,11H2,(H4,16,17,18,19). The Labute approximate surface area is 134 Å². The zero-order valence-electron chi connectivity index (χ0n) is 12.3. The number of ether oxygens (including phenoxy) is 2. The van der Waals surface area contributed by atoms with Crippen LogP contribution < -0.4 is 11.5 Å². The first kappa shape index (κ1) is 16.5. The van der Waals surface area contributed by atoms with E-state index < -0.39 is 0 Å². The van der Waals surface area contributed by atoms with Crippen LogP contribution in [0.2, 0.25) is 0 Å². The van der Waals surface area contributed by atoms with E-state index in [2.05, 4.69) is 9.97 Å². The minimum atomic E-state index is 0.380. The molecule has 0 amide bonds. The van der Waals surface area contributed by atoms with Crippen molar-refractivity contribution in [2.45, 2.75) is 11.8 Å². The van der Waals surface area contributed by atoms with Gasteiger partial charge in [0.15, 0.2) is 5.16 Å². The lowest BCUT2D eigenvalue weighted by Gasteiger charge is -2.06. The summed E-state index contributed by atoms with van der Waals surface area (Å²) in [7, 11) is 0. The second-order valence-corrected chi connectivity index (χ2v) is 5.56. The first-order chi connectivity index (χ1) is 10.7. The Morgan fingerprint density at radius 1 is 0.909 bits per heavy atom. The Kier molecular flexibility index (Phi) is 6.95. The molecule has 0 atom stereocenters. The van der Waals surface area contributed by atoms with Gasteiger partial charge in [0.2, 0.25) is 0 Å².